The van der Waals surface area contributed by atoms with Crippen LogP contribution < -0.4 is 5.32 Å². The Bertz CT molecular complexity index is 337. The highest BCUT2D eigenvalue weighted by Gasteiger charge is 2.00. The molecule has 0 unspecified atom stereocenters. The van der Waals surface area contributed by atoms with Gasteiger partial charge in [0, 0.05) is 18.7 Å². The first-order valence-corrected chi connectivity index (χ1v) is 12.9. The fraction of sp³-hybridized carbons (Fsp3) is 0.875. The fourth-order valence-electron chi connectivity index (χ4n) is 3.30. The summed E-state index contributed by atoms with van der Waals surface area (Å²) in [6, 6.07) is 0. The number of unbranched alkanes of at least 4 members (excludes halogenated alkanes) is 14. The molecule has 3 nitrogen and oxygen atoms in total. The standard InChI is InChI=1S/C24H47NO2S/c1-3-5-6-7-8-9-10-11-12-13-14-15-16-17-18-19-24(26)25-20-21-27-22-23-28-4-2/h4H,2-3,5-23H2,1H3,(H,25,26). The Morgan fingerprint density at radius 3 is 1.82 bits per heavy atom. The van der Waals surface area contributed by atoms with E-state index in [0.29, 0.717) is 26.2 Å². The minimum atomic E-state index is 0.166. The largest absolute Gasteiger partial charge is 0.379 e. The van der Waals surface area contributed by atoms with Gasteiger partial charge < -0.3 is 10.1 Å². The molecule has 4 heteroatoms. The number of thioether (sulfide) groups is 1. The molecule has 1 amide bonds. The number of ether oxygens (including phenoxy) is 1. The zero-order valence-corrected chi connectivity index (χ0v) is 19.5. The number of carbonyl (C=O) groups excluding carboxylic acids is 1. The molecule has 0 aromatic heterocycles. The van der Waals surface area contributed by atoms with Gasteiger partial charge in [0.15, 0.2) is 0 Å². The average molecular weight is 414 g/mol. The third-order valence-corrected chi connectivity index (χ3v) is 5.68. The summed E-state index contributed by atoms with van der Waals surface area (Å²) >= 11 is 1.65. The molecule has 0 radical (unpaired) electrons. The van der Waals surface area contributed by atoms with Gasteiger partial charge in [0.05, 0.1) is 13.2 Å². The van der Waals surface area contributed by atoms with Crippen molar-refractivity contribution >= 4 is 17.7 Å². The molecule has 0 fully saturated rings. The van der Waals surface area contributed by atoms with E-state index in [0.717, 1.165) is 12.2 Å². The lowest BCUT2D eigenvalue weighted by molar-refractivity contribution is -0.121. The van der Waals surface area contributed by atoms with Crippen molar-refractivity contribution in [3.63, 3.8) is 0 Å². The normalized spacial score (nSPS) is 10.9. The average Bonchev–Trinajstić information content (AvgIpc) is 2.70. The lowest BCUT2D eigenvalue weighted by atomic mass is 10.0. The third kappa shape index (κ3) is 23.6. The van der Waals surface area contributed by atoms with E-state index in [1.807, 2.05) is 5.41 Å². The van der Waals surface area contributed by atoms with Gasteiger partial charge in [0.25, 0.3) is 0 Å². The van der Waals surface area contributed by atoms with Gasteiger partial charge in [-0.05, 0) is 11.8 Å². The number of hydrogen-bond donors (Lipinski definition) is 1. The van der Waals surface area contributed by atoms with Gasteiger partial charge in [-0.3, -0.25) is 4.79 Å². The van der Waals surface area contributed by atoms with Crippen LogP contribution in [0.2, 0.25) is 0 Å². The molecule has 0 aliphatic carbocycles. The second-order valence-corrected chi connectivity index (χ2v) is 8.77. The predicted molar refractivity (Wildman–Crippen MR) is 126 cm³/mol. The first-order valence-electron chi connectivity index (χ1n) is 11.9. The summed E-state index contributed by atoms with van der Waals surface area (Å²) in [4.78, 5) is 11.7. The smallest absolute Gasteiger partial charge is 0.220 e. The summed E-state index contributed by atoms with van der Waals surface area (Å²) in [5, 5.41) is 4.75. The highest BCUT2D eigenvalue weighted by molar-refractivity contribution is 8.02. The summed E-state index contributed by atoms with van der Waals surface area (Å²) in [5.74, 6) is 1.09. The van der Waals surface area contributed by atoms with Gasteiger partial charge in [-0.25, -0.2) is 0 Å². The Kier molecular flexibility index (Phi) is 24.1. The highest BCUT2D eigenvalue weighted by atomic mass is 32.2. The summed E-state index contributed by atoms with van der Waals surface area (Å²) in [6.45, 7) is 7.86. The second kappa shape index (κ2) is 24.6. The summed E-state index contributed by atoms with van der Waals surface area (Å²) in [7, 11) is 0. The molecule has 28 heavy (non-hydrogen) atoms. The summed E-state index contributed by atoms with van der Waals surface area (Å²) in [5.41, 5.74) is 0. The lowest BCUT2D eigenvalue weighted by Crippen LogP contribution is -2.27. The van der Waals surface area contributed by atoms with Crippen molar-refractivity contribution in [3.8, 4) is 0 Å². The minimum Gasteiger partial charge on any atom is -0.379 e. The number of nitrogens with one attached hydrogen (secondary N) is 1. The van der Waals surface area contributed by atoms with Crippen LogP contribution in [0.25, 0.3) is 0 Å². The molecule has 1 N–H and O–H groups in total. The SMILES string of the molecule is C=CSCCOCCNC(=O)CCCCCCCCCCCCCCCCC. The number of hydrogen-bond acceptors (Lipinski definition) is 3. The van der Waals surface area contributed by atoms with Crippen LogP contribution in [0.5, 0.6) is 0 Å². The molecule has 0 saturated heterocycles. The minimum absolute atomic E-state index is 0.166. The molecule has 0 atom stereocenters. The number of carbonyl (C=O) groups is 1. The Morgan fingerprint density at radius 1 is 0.821 bits per heavy atom. The Labute approximate surface area is 179 Å². The van der Waals surface area contributed by atoms with E-state index in [4.69, 9.17) is 4.74 Å². The van der Waals surface area contributed by atoms with E-state index in [1.165, 1.54) is 89.9 Å². The van der Waals surface area contributed by atoms with Crippen LogP contribution in [0.15, 0.2) is 12.0 Å². The zero-order valence-electron chi connectivity index (χ0n) is 18.7. The van der Waals surface area contributed by atoms with Crippen molar-refractivity contribution in [2.45, 2.75) is 110 Å². The molecule has 166 valence electrons. The third-order valence-electron chi connectivity index (χ3n) is 5.04. The number of rotatable bonds is 23. The second-order valence-electron chi connectivity index (χ2n) is 7.70. The molecular formula is C24H47NO2S. The van der Waals surface area contributed by atoms with Crippen molar-refractivity contribution < 1.29 is 9.53 Å². The van der Waals surface area contributed by atoms with Crippen molar-refractivity contribution in [2.75, 3.05) is 25.5 Å². The van der Waals surface area contributed by atoms with Crippen molar-refractivity contribution in [1.82, 2.24) is 5.32 Å². The van der Waals surface area contributed by atoms with Gasteiger partial charge in [0.1, 0.15) is 0 Å². The molecule has 0 spiro atoms. The Balaban J connectivity index is 3.12. The maximum absolute atomic E-state index is 11.7. The maximum Gasteiger partial charge on any atom is 0.220 e. The van der Waals surface area contributed by atoms with Gasteiger partial charge >= 0.3 is 0 Å². The first-order chi connectivity index (χ1) is 13.8. The first kappa shape index (κ1) is 27.5. The molecule has 0 aliphatic heterocycles. The summed E-state index contributed by atoms with van der Waals surface area (Å²) < 4.78 is 5.43. The van der Waals surface area contributed by atoms with E-state index in [2.05, 4.69) is 18.8 Å². The van der Waals surface area contributed by atoms with E-state index in [9.17, 15) is 4.79 Å². The van der Waals surface area contributed by atoms with Crippen LogP contribution in [-0.2, 0) is 9.53 Å². The van der Waals surface area contributed by atoms with E-state index in [1.54, 1.807) is 11.8 Å². The van der Waals surface area contributed by atoms with Crippen LogP contribution in [0.1, 0.15) is 110 Å². The summed E-state index contributed by atoms with van der Waals surface area (Å²) in [6.07, 6.45) is 21.0. The monoisotopic (exact) mass is 413 g/mol. The molecule has 0 aromatic carbocycles. The topological polar surface area (TPSA) is 38.3 Å². The van der Waals surface area contributed by atoms with Crippen molar-refractivity contribution in [3.05, 3.63) is 12.0 Å². The van der Waals surface area contributed by atoms with Crippen molar-refractivity contribution in [2.24, 2.45) is 0 Å². The molecule has 0 rings (SSSR count). The molecule has 0 bridgehead atoms. The van der Waals surface area contributed by atoms with Crippen molar-refractivity contribution in [1.29, 1.82) is 0 Å². The van der Waals surface area contributed by atoms with Crippen LogP contribution >= 0.6 is 11.8 Å². The molecule has 0 aromatic rings. The molecule has 0 heterocycles. The molecular weight excluding hydrogens is 366 g/mol. The molecule has 0 saturated carbocycles. The number of amides is 1. The fourth-order valence-corrected chi connectivity index (χ4v) is 3.68. The Hall–Kier alpha value is -0.480. The van der Waals surface area contributed by atoms with Crippen LogP contribution in [0, 0.1) is 0 Å². The van der Waals surface area contributed by atoms with Crippen LogP contribution in [0.3, 0.4) is 0 Å². The van der Waals surface area contributed by atoms with E-state index < -0.39 is 0 Å². The molecule has 0 aliphatic rings. The zero-order chi connectivity index (χ0) is 20.5. The predicted octanol–water partition coefficient (Wildman–Crippen LogP) is 7.26. The van der Waals surface area contributed by atoms with E-state index in [-0.39, 0.29) is 5.91 Å². The maximum atomic E-state index is 11.7. The van der Waals surface area contributed by atoms with Gasteiger partial charge in [0.2, 0.25) is 5.91 Å². The van der Waals surface area contributed by atoms with E-state index >= 15 is 0 Å². The van der Waals surface area contributed by atoms with Crippen LogP contribution in [0.4, 0.5) is 0 Å². The van der Waals surface area contributed by atoms with Gasteiger partial charge in [-0.15, -0.1) is 11.8 Å². The quantitative estimate of drug-likeness (QED) is 0.179. The van der Waals surface area contributed by atoms with Gasteiger partial charge in [-0.1, -0.05) is 103 Å². The van der Waals surface area contributed by atoms with Gasteiger partial charge in [-0.2, -0.15) is 0 Å². The Morgan fingerprint density at radius 2 is 1.32 bits per heavy atom. The van der Waals surface area contributed by atoms with Crippen LogP contribution in [-0.4, -0.2) is 31.4 Å². The lowest BCUT2D eigenvalue weighted by Gasteiger charge is -2.06. The highest BCUT2D eigenvalue weighted by Crippen LogP contribution is 2.13.